The van der Waals surface area contributed by atoms with Crippen molar-refractivity contribution < 1.29 is 22.7 Å². The Labute approximate surface area is 116 Å². The summed E-state index contributed by atoms with van der Waals surface area (Å²) in [7, 11) is 0. The Morgan fingerprint density at radius 2 is 2.21 bits per heavy atom. The summed E-state index contributed by atoms with van der Waals surface area (Å²) in [5, 5.41) is 1.20. The van der Waals surface area contributed by atoms with Gasteiger partial charge in [-0.3, -0.25) is 0 Å². The fourth-order valence-electron chi connectivity index (χ4n) is 1.06. The molecule has 1 unspecified atom stereocenters. The molecule has 1 rings (SSSR count). The second-order valence-electron chi connectivity index (χ2n) is 3.34. The van der Waals surface area contributed by atoms with E-state index in [2.05, 4.69) is 4.98 Å². The van der Waals surface area contributed by atoms with Gasteiger partial charge in [0, 0.05) is 0 Å². The van der Waals surface area contributed by atoms with E-state index in [-0.39, 0.29) is 6.61 Å². The summed E-state index contributed by atoms with van der Waals surface area (Å²) in [6, 6.07) is 0. The van der Waals surface area contributed by atoms with E-state index in [0.29, 0.717) is 14.9 Å². The smallest absolute Gasteiger partial charge is 0.350 e. The zero-order valence-corrected chi connectivity index (χ0v) is 11.9. The van der Waals surface area contributed by atoms with E-state index < -0.39 is 18.6 Å². The van der Waals surface area contributed by atoms with Gasteiger partial charge in [-0.15, -0.1) is 11.3 Å². The summed E-state index contributed by atoms with van der Waals surface area (Å²) in [6.07, 6.45) is -4.57. The molecular weight excluding hydrogens is 299 g/mol. The monoisotopic (exact) mass is 311 g/mol. The van der Waals surface area contributed by atoms with Gasteiger partial charge in [-0.25, -0.2) is 22.9 Å². The quantitative estimate of drug-likeness (QED) is 0.591. The lowest BCUT2D eigenvalue weighted by atomic mass is 10.4. The molecule has 0 aliphatic heterocycles. The fourth-order valence-corrected chi connectivity index (χ4v) is 2.90. The third kappa shape index (κ3) is 4.87. The molecule has 1 heterocycles. The lowest BCUT2D eigenvalue weighted by Gasteiger charge is -1.98. The van der Waals surface area contributed by atoms with Gasteiger partial charge < -0.3 is 4.74 Å². The van der Waals surface area contributed by atoms with Crippen LogP contribution in [-0.4, -0.2) is 30.2 Å². The second-order valence-corrected chi connectivity index (χ2v) is 5.49. The van der Waals surface area contributed by atoms with Crippen LogP contribution in [0.3, 0.4) is 0 Å². The fraction of sp³-hybridized carbons (Fsp3) is 0.455. The van der Waals surface area contributed by atoms with Gasteiger partial charge in [0.1, 0.15) is 4.88 Å². The highest BCUT2D eigenvalue weighted by molar-refractivity contribution is 8.03. The van der Waals surface area contributed by atoms with Crippen molar-refractivity contribution in [1.82, 2.24) is 4.98 Å². The number of allylic oxidation sites excluding steroid dienone is 1. The van der Waals surface area contributed by atoms with Crippen LogP contribution in [0.4, 0.5) is 13.2 Å². The van der Waals surface area contributed by atoms with Crippen LogP contribution < -0.4 is 0 Å². The minimum Gasteiger partial charge on any atom is -0.462 e. The molecule has 0 aromatic carbocycles. The Morgan fingerprint density at radius 3 is 2.79 bits per heavy atom. The Kier molecular flexibility index (Phi) is 6.36. The van der Waals surface area contributed by atoms with Gasteiger partial charge in [-0.1, -0.05) is 11.8 Å². The number of ether oxygens (including phenoxy) is 1. The van der Waals surface area contributed by atoms with E-state index in [1.807, 2.05) is 0 Å². The summed E-state index contributed by atoms with van der Waals surface area (Å²) in [4.78, 5) is 16.0. The normalized spacial score (nSPS) is 13.2. The van der Waals surface area contributed by atoms with Crippen LogP contribution in [0.25, 0.3) is 0 Å². The maximum absolute atomic E-state index is 12.6. The van der Waals surface area contributed by atoms with Crippen LogP contribution in [0.15, 0.2) is 15.8 Å². The molecule has 1 aromatic heterocycles. The number of nitrogens with zero attached hydrogens (tertiary/aromatic N) is 1. The first kappa shape index (κ1) is 16.0. The number of hydrogen-bond donors (Lipinski definition) is 0. The molecule has 0 N–H and O–H groups in total. The number of aryl methyl sites for hydroxylation is 1. The summed E-state index contributed by atoms with van der Waals surface area (Å²) in [5.74, 6) is -0.468. The molecule has 0 saturated heterocycles. The SMILES string of the molecule is CCOC(=O)c1sc(S/C=C/C(F)C(F)F)nc1C. The van der Waals surface area contributed by atoms with Crippen molar-refractivity contribution in [3.8, 4) is 0 Å². The van der Waals surface area contributed by atoms with Crippen molar-refractivity contribution in [2.24, 2.45) is 0 Å². The zero-order chi connectivity index (χ0) is 14.4. The molecule has 0 aliphatic carbocycles. The van der Waals surface area contributed by atoms with Gasteiger partial charge in [-0.05, 0) is 25.3 Å². The third-order valence-electron chi connectivity index (χ3n) is 1.91. The van der Waals surface area contributed by atoms with Crippen molar-refractivity contribution in [2.45, 2.75) is 30.8 Å². The van der Waals surface area contributed by atoms with E-state index in [1.165, 1.54) is 5.41 Å². The Morgan fingerprint density at radius 1 is 1.53 bits per heavy atom. The molecular formula is C11H12F3NO2S2. The summed E-state index contributed by atoms with van der Waals surface area (Å²) < 4.78 is 41.7. The van der Waals surface area contributed by atoms with Crippen LogP contribution >= 0.6 is 23.1 Å². The first-order valence-corrected chi connectivity index (χ1v) is 7.05. The summed E-state index contributed by atoms with van der Waals surface area (Å²) in [6.45, 7) is 3.60. The van der Waals surface area contributed by atoms with Gasteiger partial charge in [0.2, 0.25) is 0 Å². The minimum absolute atomic E-state index is 0.260. The maximum Gasteiger partial charge on any atom is 0.350 e. The number of thiazole rings is 1. The largest absolute Gasteiger partial charge is 0.462 e. The van der Waals surface area contributed by atoms with Crippen LogP contribution in [0, 0.1) is 6.92 Å². The average molecular weight is 311 g/mol. The van der Waals surface area contributed by atoms with Crippen molar-refractivity contribution in [3.63, 3.8) is 0 Å². The molecule has 3 nitrogen and oxygen atoms in total. The standard InChI is InChI=1S/C11H12F3NO2S2/c1-3-17-10(16)8-6(2)15-11(19-8)18-5-4-7(12)9(13)14/h4-5,7,9H,3H2,1-2H3/b5-4+. The summed E-state index contributed by atoms with van der Waals surface area (Å²) in [5.41, 5.74) is 0.505. The molecule has 0 radical (unpaired) electrons. The van der Waals surface area contributed by atoms with Crippen LogP contribution in [0.5, 0.6) is 0 Å². The number of rotatable bonds is 6. The van der Waals surface area contributed by atoms with Crippen molar-refractivity contribution >= 4 is 29.1 Å². The molecule has 19 heavy (non-hydrogen) atoms. The number of carbonyl (C=O) groups is 1. The predicted octanol–water partition coefficient (Wildman–Crippen LogP) is 3.84. The molecule has 8 heteroatoms. The molecule has 0 bridgehead atoms. The van der Waals surface area contributed by atoms with Gasteiger partial charge in [0.25, 0.3) is 6.43 Å². The van der Waals surface area contributed by atoms with Crippen molar-refractivity contribution in [2.75, 3.05) is 6.61 Å². The number of carbonyl (C=O) groups excluding carboxylic acids is 1. The second kappa shape index (κ2) is 7.54. The van der Waals surface area contributed by atoms with Crippen molar-refractivity contribution in [1.29, 1.82) is 0 Å². The number of aromatic nitrogens is 1. The van der Waals surface area contributed by atoms with Crippen LogP contribution in [0.1, 0.15) is 22.3 Å². The molecule has 1 atom stereocenters. The summed E-state index contributed by atoms with van der Waals surface area (Å²) >= 11 is 2.07. The zero-order valence-electron chi connectivity index (χ0n) is 10.2. The first-order valence-electron chi connectivity index (χ1n) is 5.35. The van der Waals surface area contributed by atoms with Crippen molar-refractivity contribution in [3.05, 3.63) is 22.1 Å². The van der Waals surface area contributed by atoms with E-state index in [0.717, 1.165) is 29.2 Å². The molecule has 0 fully saturated rings. The molecule has 0 aliphatic rings. The molecule has 0 saturated carbocycles. The first-order chi connectivity index (χ1) is 8.95. The molecule has 0 amide bonds. The van der Waals surface area contributed by atoms with Gasteiger partial charge in [0.15, 0.2) is 10.5 Å². The van der Waals surface area contributed by atoms with E-state index in [9.17, 15) is 18.0 Å². The van der Waals surface area contributed by atoms with Gasteiger partial charge >= 0.3 is 5.97 Å². The highest BCUT2D eigenvalue weighted by Crippen LogP contribution is 2.28. The van der Waals surface area contributed by atoms with E-state index in [1.54, 1.807) is 13.8 Å². The number of halogens is 3. The lowest BCUT2D eigenvalue weighted by Crippen LogP contribution is -2.07. The Bertz CT molecular complexity index is 463. The minimum atomic E-state index is -3.04. The topological polar surface area (TPSA) is 39.2 Å². The number of thioether (sulfide) groups is 1. The maximum atomic E-state index is 12.6. The lowest BCUT2D eigenvalue weighted by molar-refractivity contribution is 0.0531. The van der Waals surface area contributed by atoms with Gasteiger partial charge in [0.05, 0.1) is 12.3 Å². The molecule has 106 valence electrons. The van der Waals surface area contributed by atoms with Crippen LogP contribution in [-0.2, 0) is 4.74 Å². The van der Waals surface area contributed by atoms with E-state index in [4.69, 9.17) is 4.74 Å². The Balaban J connectivity index is 2.66. The highest BCUT2D eigenvalue weighted by atomic mass is 32.2. The van der Waals surface area contributed by atoms with Crippen LogP contribution in [0.2, 0.25) is 0 Å². The number of hydrogen-bond acceptors (Lipinski definition) is 5. The van der Waals surface area contributed by atoms with E-state index >= 15 is 0 Å². The Hall–Kier alpha value is -1.02. The number of esters is 1. The highest BCUT2D eigenvalue weighted by Gasteiger charge is 2.17. The average Bonchev–Trinajstić information content (AvgIpc) is 2.70. The predicted molar refractivity (Wildman–Crippen MR) is 68.7 cm³/mol. The number of alkyl halides is 3. The third-order valence-corrected chi connectivity index (χ3v) is 3.97. The molecule has 0 spiro atoms. The molecule has 1 aromatic rings. The van der Waals surface area contributed by atoms with Gasteiger partial charge in [-0.2, -0.15) is 0 Å².